The van der Waals surface area contributed by atoms with Gasteiger partial charge in [0, 0.05) is 43.9 Å². The molecule has 5 rings (SSSR count). The number of aromatic nitrogens is 1. The van der Waals surface area contributed by atoms with Gasteiger partial charge in [-0.15, -0.1) is 0 Å². The molecular formula is C29H26FN3O5. The molecule has 1 unspecified atom stereocenters. The molecule has 1 aliphatic heterocycles. The standard InChI is InChI=1S/C29H26FN3O5/c1-33(2)29(34)18-4-6-21(26(13-18)35-3)27-14-23-28(38-27)20(8-10-32-23)17-5-7-24(19(12-17)15-31)37-25-9-11-36-16-22(25)30/h4-8,10,12-14,22,25H,9,11,16H2,1-3H3/t22-,25?/m0/s1. The van der Waals surface area contributed by atoms with Crippen LogP contribution in [0.3, 0.4) is 0 Å². The number of halogens is 1. The summed E-state index contributed by atoms with van der Waals surface area (Å²) in [6, 6.07) is 16.1. The van der Waals surface area contributed by atoms with E-state index in [2.05, 4.69) is 11.1 Å². The van der Waals surface area contributed by atoms with Gasteiger partial charge in [0.1, 0.15) is 34.9 Å². The zero-order chi connectivity index (χ0) is 26.8. The molecule has 2 atom stereocenters. The van der Waals surface area contributed by atoms with Gasteiger partial charge in [0.2, 0.25) is 0 Å². The Bertz CT molecular complexity index is 1540. The fourth-order valence-corrected chi connectivity index (χ4v) is 4.45. The maximum atomic E-state index is 14.2. The molecular weight excluding hydrogens is 489 g/mol. The van der Waals surface area contributed by atoms with Crippen molar-refractivity contribution in [2.24, 2.45) is 0 Å². The van der Waals surface area contributed by atoms with Crippen molar-refractivity contribution in [1.82, 2.24) is 9.88 Å². The summed E-state index contributed by atoms with van der Waals surface area (Å²) >= 11 is 0. The molecule has 1 aliphatic rings. The second-order valence-corrected chi connectivity index (χ2v) is 9.16. The highest BCUT2D eigenvalue weighted by molar-refractivity contribution is 5.96. The van der Waals surface area contributed by atoms with E-state index in [4.69, 9.17) is 18.6 Å². The zero-order valence-electron chi connectivity index (χ0n) is 21.2. The number of carbonyl (C=O) groups is 1. The normalized spacial score (nSPS) is 17.1. The SMILES string of the molecule is COc1cc(C(=O)N(C)C)ccc1-c1cc2nccc(-c3ccc(OC4CCOC[C@@H]4F)c(C#N)c3)c2o1. The van der Waals surface area contributed by atoms with E-state index in [0.717, 1.165) is 11.1 Å². The minimum Gasteiger partial charge on any atom is -0.496 e. The number of methoxy groups -OCH3 is 1. The smallest absolute Gasteiger partial charge is 0.253 e. The average Bonchev–Trinajstić information content (AvgIpc) is 3.38. The van der Waals surface area contributed by atoms with E-state index in [1.807, 2.05) is 6.07 Å². The van der Waals surface area contributed by atoms with E-state index in [1.54, 1.807) is 62.8 Å². The summed E-state index contributed by atoms with van der Waals surface area (Å²) in [7, 11) is 4.91. The first-order chi connectivity index (χ1) is 18.4. The molecule has 194 valence electrons. The molecule has 2 aromatic heterocycles. The molecule has 38 heavy (non-hydrogen) atoms. The van der Waals surface area contributed by atoms with Gasteiger partial charge in [0.05, 0.1) is 31.5 Å². The number of hydrogen-bond donors (Lipinski definition) is 0. The first-order valence-corrected chi connectivity index (χ1v) is 12.1. The third-order valence-electron chi connectivity index (χ3n) is 6.45. The highest BCUT2D eigenvalue weighted by atomic mass is 19.1. The lowest BCUT2D eigenvalue weighted by atomic mass is 10.0. The van der Waals surface area contributed by atoms with Crippen LogP contribution >= 0.6 is 0 Å². The second-order valence-electron chi connectivity index (χ2n) is 9.16. The van der Waals surface area contributed by atoms with Crippen LogP contribution in [0.15, 0.2) is 59.1 Å². The fourth-order valence-electron chi connectivity index (χ4n) is 4.45. The van der Waals surface area contributed by atoms with Gasteiger partial charge in [-0.25, -0.2) is 4.39 Å². The molecule has 2 aromatic carbocycles. The molecule has 0 N–H and O–H groups in total. The van der Waals surface area contributed by atoms with E-state index >= 15 is 0 Å². The molecule has 0 aliphatic carbocycles. The van der Waals surface area contributed by atoms with Gasteiger partial charge >= 0.3 is 0 Å². The number of rotatable bonds is 6. The molecule has 1 saturated heterocycles. The lowest BCUT2D eigenvalue weighted by Crippen LogP contribution is -2.37. The summed E-state index contributed by atoms with van der Waals surface area (Å²) in [6.45, 7) is 0.403. The molecule has 1 amide bonds. The number of carbonyl (C=O) groups excluding carboxylic acids is 1. The van der Waals surface area contributed by atoms with Crippen LogP contribution < -0.4 is 9.47 Å². The Hall–Kier alpha value is -4.42. The Morgan fingerprint density at radius 2 is 1.97 bits per heavy atom. The van der Waals surface area contributed by atoms with Gasteiger partial charge in [-0.1, -0.05) is 6.07 Å². The molecule has 3 heterocycles. The third kappa shape index (κ3) is 4.78. The van der Waals surface area contributed by atoms with Crippen LogP contribution in [0.25, 0.3) is 33.6 Å². The number of amides is 1. The number of furan rings is 1. The monoisotopic (exact) mass is 515 g/mol. The predicted octanol–water partition coefficient (Wildman–Crippen LogP) is 5.25. The van der Waals surface area contributed by atoms with Crippen molar-refractivity contribution in [1.29, 1.82) is 5.26 Å². The number of fused-ring (bicyclic) bond motifs is 1. The number of alkyl halides is 1. The van der Waals surface area contributed by atoms with Crippen LogP contribution in [0.1, 0.15) is 22.3 Å². The topological polar surface area (TPSA) is 97.8 Å². The van der Waals surface area contributed by atoms with Gasteiger partial charge in [-0.3, -0.25) is 9.78 Å². The van der Waals surface area contributed by atoms with Crippen LogP contribution in [-0.2, 0) is 4.74 Å². The van der Waals surface area contributed by atoms with Crippen molar-refractivity contribution < 1.29 is 27.8 Å². The summed E-state index contributed by atoms with van der Waals surface area (Å²) in [4.78, 5) is 18.3. The number of benzene rings is 2. The zero-order valence-corrected chi connectivity index (χ0v) is 21.2. The Labute approximate surface area is 219 Å². The van der Waals surface area contributed by atoms with Gasteiger partial charge < -0.3 is 23.5 Å². The summed E-state index contributed by atoms with van der Waals surface area (Å²) in [6.07, 6.45) is 0.181. The highest BCUT2D eigenvalue weighted by Crippen LogP contribution is 2.38. The van der Waals surface area contributed by atoms with Crippen LogP contribution in [0, 0.1) is 11.3 Å². The maximum Gasteiger partial charge on any atom is 0.253 e. The van der Waals surface area contributed by atoms with Crippen molar-refractivity contribution in [2.45, 2.75) is 18.7 Å². The molecule has 0 radical (unpaired) electrons. The highest BCUT2D eigenvalue weighted by Gasteiger charge is 2.28. The van der Waals surface area contributed by atoms with Crippen LogP contribution in [0.2, 0.25) is 0 Å². The second kappa shape index (κ2) is 10.5. The van der Waals surface area contributed by atoms with Crippen LogP contribution in [0.4, 0.5) is 4.39 Å². The maximum absolute atomic E-state index is 14.2. The molecule has 0 bridgehead atoms. The van der Waals surface area contributed by atoms with Crippen LogP contribution in [0.5, 0.6) is 11.5 Å². The Morgan fingerprint density at radius 3 is 2.71 bits per heavy atom. The third-order valence-corrected chi connectivity index (χ3v) is 6.45. The minimum atomic E-state index is -1.25. The average molecular weight is 516 g/mol. The number of pyridine rings is 1. The lowest BCUT2D eigenvalue weighted by Gasteiger charge is -2.27. The largest absolute Gasteiger partial charge is 0.496 e. The Morgan fingerprint density at radius 1 is 1.13 bits per heavy atom. The fraction of sp³-hybridized carbons (Fsp3) is 0.276. The number of hydrogen-bond acceptors (Lipinski definition) is 7. The lowest BCUT2D eigenvalue weighted by molar-refractivity contribution is -0.0383. The van der Waals surface area contributed by atoms with E-state index in [9.17, 15) is 14.4 Å². The number of ether oxygens (including phenoxy) is 3. The summed E-state index contributed by atoms with van der Waals surface area (Å²) in [5.41, 5.74) is 4.07. The Kier molecular flexibility index (Phi) is 6.99. The van der Waals surface area contributed by atoms with Gasteiger partial charge in [-0.2, -0.15) is 5.26 Å². The van der Waals surface area contributed by atoms with E-state index < -0.39 is 12.3 Å². The molecule has 1 fully saturated rings. The molecule has 8 nitrogen and oxygen atoms in total. The molecule has 9 heteroatoms. The molecule has 0 spiro atoms. The van der Waals surface area contributed by atoms with Gasteiger partial charge in [0.25, 0.3) is 5.91 Å². The van der Waals surface area contributed by atoms with E-state index in [-0.39, 0.29) is 12.5 Å². The van der Waals surface area contributed by atoms with Crippen molar-refractivity contribution in [2.75, 3.05) is 34.4 Å². The number of nitrogens with zero attached hydrogens (tertiary/aromatic N) is 3. The van der Waals surface area contributed by atoms with Gasteiger partial charge in [-0.05, 0) is 42.0 Å². The van der Waals surface area contributed by atoms with Gasteiger partial charge in [0.15, 0.2) is 11.8 Å². The van der Waals surface area contributed by atoms with Crippen molar-refractivity contribution in [3.05, 3.63) is 65.9 Å². The molecule has 0 saturated carbocycles. The predicted molar refractivity (Wildman–Crippen MR) is 139 cm³/mol. The molecule has 4 aromatic rings. The van der Waals surface area contributed by atoms with E-state index in [1.165, 1.54) is 12.0 Å². The quantitative estimate of drug-likeness (QED) is 0.346. The first kappa shape index (κ1) is 25.2. The summed E-state index contributed by atoms with van der Waals surface area (Å²) < 4.78 is 37.0. The van der Waals surface area contributed by atoms with E-state index in [0.29, 0.717) is 58.1 Å². The number of nitriles is 1. The van der Waals surface area contributed by atoms with Crippen LogP contribution in [-0.4, -0.2) is 62.5 Å². The summed E-state index contributed by atoms with van der Waals surface area (Å²) in [5, 5.41) is 9.78. The van der Waals surface area contributed by atoms with Crippen molar-refractivity contribution in [3.63, 3.8) is 0 Å². The van der Waals surface area contributed by atoms with Crippen molar-refractivity contribution in [3.8, 4) is 40.0 Å². The van der Waals surface area contributed by atoms with Crippen molar-refractivity contribution >= 4 is 17.0 Å². The summed E-state index contributed by atoms with van der Waals surface area (Å²) in [5.74, 6) is 1.21. The Balaban J connectivity index is 1.51. The minimum absolute atomic E-state index is 0.0140. The first-order valence-electron chi connectivity index (χ1n) is 12.1.